The molecule has 0 aliphatic rings. The summed E-state index contributed by atoms with van der Waals surface area (Å²) in [6, 6.07) is 6.59. The van der Waals surface area contributed by atoms with E-state index in [0.717, 1.165) is 6.07 Å². The van der Waals surface area contributed by atoms with Gasteiger partial charge < -0.3 is 9.47 Å². The molecule has 29 heavy (non-hydrogen) atoms. The number of alkyl halides is 3. The first kappa shape index (κ1) is 19.8. The molecule has 0 N–H and O–H groups in total. The van der Waals surface area contributed by atoms with Crippen molar-refractivity contribution in [2.24, 2.45) is 5.10 Å². The van der Waals surface area contributed by atoms with Crippen LogP contribution in [0.15, 0.2) is 54.2 Å². The fraction of sp³-hybridized carbons (Fsp3) is 0.118. The summed E-state index contributed by atoms with van der Waals surface area (Å²) in [4.78, 5) is 10.2. The predicted molar refractivity (Wildman–Crippen MR) is 94.2 cm³/mol. The van der Waals surface area contributed by atoms with Gasteiger partial charge in [-0.05, 0) is 35.9 Å². The Morgan fingerprint density at radius 2 is 1.79 bits per heavy atom. The summed E-state index contributed by atoms with van der Waals surface area (Å²) in [5.41, 5.74) is -1.37. The minimum absolute atomic E-state index is 0.0804. The summed E-state index contributed by atoms with van der Waals surface area (Å²) >= 11 is 0. The Kier molecular flexibility index (Phi) is 5.43. The van der Waals surface area contributed by atoms with Crippen LogP contribution in [0.3, 0.4) is 0 Å². The number of benzene rings is 2. The lowest BCUT2D eigenvalue weighted by Gasteiger charge is -2.12. The maximum Gasteiger partial charge on any atom is 0.416 e. The summed E-state index contributed by atoms with van der Waals surface area (Å²) in [7, 11) is 1.35. The second-order valence-electron chi connectivity index (χ2n) is 5.54. The Balaban J connectivity index is 1.90. The summed E-state index contributed by atoms with van der Waals surface area (Å²) in [6.45, 7) is 0. The molecule has 0 radical (unpaired) electrons. The van der Waals surface area contributed by atoms with E-state index in [0.29, 0.717) is 17.7 Å². The Labute approximate surface area is 161 Å². The second kappa shape index (κ2) is 7.96. The smallest absolute Gasteiger partial charge is 0.416 e. The molecule has 0 unspecified atom stereocenters. The van der Waals surface area contributed by atoms with E-state index >= 15 is 0 Å². The summed E-state index contributed by atoms with van der Waals surface area (Å²) in [6.07, 6.45) is -0.465. The van der Waals surface area contributed by atoms with Crippen LogP contribution >= 0.6 is 0 Å². The fourth-order valence-electron chi connectivity index (χ4n) is 2.28. The molecular formula is C17H12F3N5O4. The quantitative estimate of drug-likeness (QED) is 0.349. The molecule has 0 aliphatic heterocycles. The van der Waals surface area contributed by atoms with E-state index in [2.05, 4.69) is 15.3 Å². The first-order chi connectivity index (χ1) is 13.8. The third-order valence-corrected chi connectivity index (χ3v) is 3.64. The molecule has 3 aromatic rings. The maximum absolute atomic E-state index is 12.8. The molecule has 0 fully saturated rings. The summed E-state index contributed by atoms with van der Waals surface area (Å²) in [5, 5.41) is 22.5. The van der Waals surface area contributed by atoms with Gasteiger partial charge in [-0.1, -0.05) is 0 Å². The third kappa shape index (κ3) is 4.66. The highest BCUT2D eigenvalue weighted by atomic mass is 19.4. The van der Waals surface area contributed by atoms with E-state index in [1.807, 2.05) is 0 Å². The number of nitro benzene ring substituents is 1. The highest BCUT2D eigenvalue weighted by Crippen LogP contribution is 2.40. The molecule has 0 bridgehead atoms. The number of rotatable bonds is 6. The van der Waals surface area contributed by atoms with Crippen LogP contribution in [-0.4, -0.2) is 33.1 Å². The molecule has 150 valence electrons. The van der Waals surface area contributed by atoms with Gasteiger partial charge >= 0.3 is 11.9 Å². The molecule has 3 rings (SSSR count). The van der Waals surface area contributed by atoms with E-state index < -0.39 is 22.4 Å². The van der Waals surface area contributed by atoms with Crippen LogP contribution in [0.2, 0.25) is 0 Å². The largest absolute Gasteiger partial charge is 0.493 e. The van der Waals surface area contributed by atoms with Crippen LogP contribution in [0.4, 0.5) is 18.9 Å². The Hall–Kier alpha value is -3.96. The van der Waals surface area contributed by atoms with Gasteiger partial charge in [-0.2, -0.15) is 18.3 Å². The Bertz CT molecular complexity index is 1050. The van der Waals surface area contributed by atoms with E-state index in [9.17, 15) is 23.3 Å². The lowest BCUT2D eigenvalue weighted by atomic mass is 10.1. The van der Waals surface area contributed by atoms with Gasteiger partial charge in [0.05, 0.1) is 23.8 Å². The van der Waals surface area contributed by atoms with Crippen molar-refractivity contribution in [1.82, 2.24) is 14.9 Å². The van der Waals surface area contributed by atoms with Crippen molar-refractivity contribution in [2.75, 3.05) is 7.11 Å². The number of hydrogen-bond donors (Lipinski definition) is 0. The highest BCUT2D eigenvalue weighted by Gasteiger charge is 2.33. The first-order valence-electron chi connectivity index (χ1n) is 7.88. The lowest BCUT2D eigenvalue weighted by molar-refractivity contribution is -0.385. The summed E-state index contributed by atoms with van der Waals surface area (Å²) in [5.74, 6) is -0.0732. The molecule has 0 saturated carbocycles. The van der Waals surface area contributed by atoms with Gasteiger partial charge in [0.2, 0.25) is 5.75 Å². The zero-order chi connectivity index (χ0) is 21.0. The zero-order valence-electron chi connectivity index (χ0n) is 14.7. The number of nitro groups is 1. The molecule has 0 spiro atoms. The van der Waals surface area contributed by atoms with Crippen LogP contribution in [0.5, 0.6) is 17.2 Å². The molecule has 0 amide bonds. The molecule has 1 heterocycles. The van der Waals surface area contributed by atoms with Gasteiger partial charge in [0.1, 0.15) is 12.7 Å². The molecule has 2 aromatic carbocycles. The van der Waals surface area contributed by atoms with Crippen molar-refractivity contribution >= 4 is 11.9 Å². The van der Waals surface area contributed by atoms with Crippen LogP contribution in [0.1, 0.15) is 11.1 Å². The van der Waals surface area contributed by atoms with Crippen LogP contribution < -0.4 is 9.47 Å². The van der Waals surface area contributed by atoms with E-state index in [1.165, 1.54) is 36.7 Å². The molecule has 12 heteroatoms. The molecule has 0 saturated heterocycles. The van der Waals surface area contributed by atoms with E-state index in [-0.39, 0.29) is 17.2 Å². The van der Waals surface area contributed by atoms with Gasteiger partial charge in [0.25, 0.3) is 0 Å². The van der Waals surface area contributed by atoms with Gasteiger partial charge in [-0.15, -0.1) is 10.2 Å². The monoisotopic (exact) mass is 407 g/mol. The average Bonchev–Trinajstić information content (AvgIpc) is 3.20. The van der Waals surface area contributed by atoms with Gasteiger partial charge in [-0.25, -0.2) is 4.68 Å². The standard InChI is InChI=1S/C17H12F3N5O4/c1-28-16-6-11(8-23-24-9-21-22-10-24)2-4-15(16)29-14-5-3-12(17(18,19)20)7-13(14)25(26)27/h2-10H,1H3/b23-8-. The molecule has 0 atom stereocenters. The topological polar surface area (TPSA) is 105 Å². The Morgan fingerprint density at radius 1 is 1.10 bits per heavy atom. The number of aromatic nitrogens is 3. The second-order valence-corrected chi connectivity index (χ2v) is 5.54. The van der Waals surface area contributed by atoms with Crippen molar-refractivity contribution < 1.29 is 27.6 Å². The van der Waals surface area contributed by atoms with Crippen molar-refractivity contribution in [2.45, 2.75) is 6.18 Å². The predicted octanol–water partition coefficient (Wildman–Crippen LogP) is 3.89. The number of nitrogens with zero attached hydrogens (tertiary/aromatic N) is 5. The van der Waals surface area contributed by atoms with Gasteiger partial charge in [-0.3, -0.25) is 10.1 Å². The number of methoxy groups -OCH3 is 1. The minimum atomic E-state index is -4.72. The first-order valence-corrected chi connectivity index (χ1v) is 7.88. The fourth-order valence-corrected chi connectivity index (χ4v) is 2.28. The Morgan fingerprint density at radius 3 is 2.41 bits per heavy atom. The van der Waals surface area contributed by atoms with E-state index in [4.69, 9.17) is 9.47 Å². The number of ether oxygens (including phenoxy) is 2. The number of halogens is 3. The zero-order valence-corrected chi connectivity index (χ0v) is 14.7. The van der Waals surface area contributed by atoms with Crippen LogP contribution in [0.25, 0.3) is 0 Å². The van der Waals surface area contributed by atoms with Crippen LogP contribution in [-0.2, 0) is 6.18 Å². The third-order valence-electron chi connectivity index (χ3n) is 3.64. The van der Waals surface area contributed by atoms with E-state index in [1.54, 1.807) is 12.1 Å². The van der Waals surface area contributed by atoms with Gasteiger partial charge in [0, 0.05) is 6.07 Å². The van der Waals surface area contributed by atoms with Crippen LogP contribution in [0, 0.1) is 10.1 Å². The normalized spacial score (nSPS) is 11.6. The maximum atomic E-state index is 12.8. The molecule has 1 aromatic heterocycles. The average molecular weight is 407 g/mol. The van der Waals surface area contributed by atoms with Crippen molar-refractivity contribution in [3.63, 3.8) is 0 Å². The van der Waals surface area contributed by atoms with Crippen molar-refractivity contribution in [3.05, 3.63) is 70.3 Å². The summed E-state index contributed by atoms with van der Waals surface area (Å²) < 4.78 is 50.5. The minimum Gasteiger partial charge on any atom is -0.493 e. The molecule has 0 aliphatic carbocycles. The SMILES string of the molecule is COc1cc(/C=N\n2cnnc2)ccc1Oc1ccc(C(F)(F)F)cc1[N+](=O)[O-]. The van der Waals surface area contributed by atoms with Gasteiger partial charge in [0.15, 0.2) is 11.5 Å². The lowest BCUT2D eigenvalue weighted by Crippen LogP contribution is -2.06. The number of hydrogen-bond acceptors (Lipinski definition) is 7. The van der Waals surface area contributed by atoms with Crippen molar-refractivity contribution in [1.29, 1.82) is 0 Å². The molecular weight excluding hydrogens is 395 g/mol. The van der Waals surface area contributed by atoms with Crippen molar-refractivity contribution in [3.8, 4) is 17.2 Å². The highest BCUT2D eigenvalue weighted by molar-refractivity contribution is 5.80. The molecule has 9 nitrogen and oxygen atoms in total.